The molecule has 0 amide bonds. The minimum Gasteiger partial charge on any atom is -0.871 e. The highest BCUT2D eigenvalue weighted by Gasteiger charge is 2.28. The maximum atomic E-state index is 13.6. The lowest BCUT2D eigenvalue weighted by molar-refractivity contribution is -0.300. The number of carbonyl (C=O) groups is 1. The minimum absolute atomic E-state index is 0.0179. The van der Waals surface area contributed by atoms with Crippen LogP contribution in [0.5, 0.6) is 0 Å². The zero-order chi connectivity index (χ0) is 35.1. The molecule has 1 aliphatic carbocycles. The Kier molecular flexibility index (Phi) is 9.69. The van der Waals surface area contributed by atoms with Crippen LogP contribution in [0, 0.1) is 0 Å². The van der Waals surface area contributed by atoms with Gasteiger partial charge in [-0.25, -0.2) is 4.42 Å². The zero-order valence-electron chi connectivity index (χ0n) is 25.4. The molecule has 1 aliphatic heterocycles. The number of allylic oxidation sites excluding steroid dienone is 6. The van der Waals surface area contributed by atoms with Crippen LogP contribution in [0.3, 0.4) is 0 Å². The maximum Gasteiger partial charge on any atom is 0.362 e. The van der Waals surface area contributed by atoms with Crippen molar-refractivity contribution in [3.63, 3.8) is 0 Å². The molecule has 0 spiro atoms. The molecular formula is C40H20Cl6O4. The van der Waals surface area contributed by atoms with Crippen LogP contribution in [0.15, 0.2) is 142 Å². The van der Waals surface area contributed by atoms with Crippen LogP contribution in [0.4, 0.5) is 0 Å². The second kappa shape index (κ2) is 14.2. The van der Waals surface area contributed by atoms with Gasteiger partial charge in [0.05, 0.1) is 53.4 Å². The summed E-state index contributed by atoms with van der Waals surface area (Å²) in [5.41, 5.74) is 3.67. The van der Waals surface area contributed by atoms with Gasteiger partial charge in [0.15, 0.2) is 5.78 Å². The predicted molar refractivity (Wildman–Crippen MR) is 202 cm³/mol. The average molecular weight is 777 g/mol. The van der Waals surface area contributed by atoms with E-state index in [2.05, 4.69) is 0 Å². The number of hydrogen-bond acceptors (Lipinski definition) is 3. The van der Waals surface area contributed by atoms with Gasteiger partial charge in [-0.1, -0.05) is 99.6 Å². The van der Waals surface area contributed by atoms with Gasteiger partial charge < -0.3 is 9.84 Å². The summed E-state index contributed by atoms with van der Waals surface area (Å²) in [4.78, 5) is 13.6. The topological polar surface area (TPSA) is 60.7 Å². The molecule has 0 radical (unpaired) electrons. The fourth-order valence-electron chi connectivity index (χ4n) is 5.41. The summed E-state index contributed by atoms with van der Waals surface area (Å²) in [6, 6.07) is 28.0. The van der Waals surface area contributed by atoms with E-state index in [1.54, 1.807) is 72.8 Å². The molecule has 0 fully saturated rings. The summed E-state index contributed by atoms with van der Waals surface area (Å²) in [5.74, 6) is 0.882. The minimum atomic E-state index is -0.414. The van der Waals surface area contributed by atoms with E-state index in [4.69, 9.17) is 78.8 Å². The number of carbonyl (C=O) groups excluding carboxylic acids is 1. The first-order valence-corrected chi connectivity index (χ1v) is 17.2. The van der Waals surface area contributed by atoms with E-state index in [0.717, 1.165) is 0 Å². The summed E-state index contributed by atoms with van der Waals surface area (Å²) in [6.45, 7) is 0. The molecule has 246 valence electrons. The highest BCUT2D eigenvalue weighted by atomic mass is 35.5. The predicted octanol–water partition coefficient (Wildman–Crippen LogP) is 12.4. The molecule has 4 aromatic carbocycles. The van der Waals surface area contributed by atoms with Gasteiger partial charge in [0.2, 0.25) is 0 Å². The zero-order valence-corrected chi connectivity index (χ0v) is 30.0. The molecule has 0 bridgehead atoms. The van der Waals surface area contributed by atoms with Gasteiger partial charge in [-0.3, -0.25) is 4.79 Å². The molecule has 0 N–H and O–H groups in total. The average Bonchev–Trinajstić information content (AvgIpc) is 3.12. The molecule has 0 saturated carbocycles. The number of ketones is 1. The van der Waals surface area contributed by atoms with Crippen LogP contribution >= 0.6 is 69.6 Å². The quantitative estimate of drug-likeness (QED) is 0.127. The van der Waals surface area contributed by atoms with E-state index in [9.17, 15) is 9.90 Å². The number of halogens is 6. The second-order valence-electron chi connectivity index (χ2n) is 11.2. The van der Waals surface area contributed by atoms with Crippen LogP contribution in [0.2, 0.25) is 30.1 Å². The first-order valence-electron chi connectivity index (χ1n) is 15.0. The third-order valence-electron chi connectivity index (χ3n) is 7.92. The standard InChI is InChI=1S/C40H20Cl6O4/c41-29-7-3-1-5-25(29)37-17-21(15-35(49-37)23-9-11-31(43)33(45)19-23)13-27-39(47)28(40(27)48)14-22-16-36(24-10-12-32(44)34(46)20-24)50-38(18-22)26-6-2-4-8-30(26)42/h1-20H. The van der Waals surface area contributed by atoms with Crippen molar-refractivity contribution in [2.24, 2.45) is 0 Å². The fourth-order valence-corrected chi connectivity index (χ4v) is 6.46. The third kappa shape index (κ3) is 6.88. The van der Waals surface area contributed by atoms with Crippen LogP contribution in [-0.4, -0.2) is 5.78 Å². The largest absolute Gasteiger partial charge is 0.871 e. The molecular weight excluding hydrogens is 757 g/mol. The second-order valence-corrected chi connectivity index (χ2v) is 13.7. The molecule has 7 rings (SSSR count). The monoisotopic (exact) mass is 774 g/mol. The Balaban J connectivity index is 1.31. The van der Waals surface area contributed by atoms with Gasteiger partial charge in [-0.2, -0.15) is 0 Å². The van der Waals surface area contributed by atoms with E-state index in [-0.39, 0.29) is 11.1 Å². The number of Topliss-reactive ketones (excluding diaryl/α,β-unsaturated/α-hetero) is 1. The Labute approximate surface area is 317 Å². The summed E-state index contributed by atoms with van der Waals surface area (Å²) < 4.78 is 12.5. The number of ether oxygens (including phenoxy) is 1. The normalized spacial score (nSPS) is 15.9. The lowest BCUT2D eigenvalue weighted by Gasteiger charge is -2.29. The molecule has 10 heteroatoms. The van der Waals surface area contributed by atoms with E-state index < -0.39 is 11.5 Å². The van der Waals surface area contributed by atoms with Crippen LogP contribution in [-0.2, 0) is 9.53 Å². The van der Waals surface area contributed by atoms with Crippen LogP contribution in [0.25, 0.3) is 40.2 Å². The van der Waals surface area contributed by atoms with Gasteiger partial charge in [0, 0.05) is 22.3 Å². The third-order valence-corrected chi connectivity index (χ3v) is 10.1. The summed E-state index contributed by atoms with van der Waals surface area (Å²) in [6.07, 6.45) is 6.51. The molecule has 50 heavy (non-hydrogen) atoms. The summed E-state index contributed by atoms with van der Waals surface area (Å²) >= 11 is 37.9. The molecule has 2 heterocycles. The highest BCUT2D eigenvalue weighted by molar-refractivity contribution is 6.42. The van der Waals surface area contributed by atoms with Gasteiger partial charge in [-0.05, 0) is 96.1 Å². The van der Waals surface area contributed by atoms with E-state index in [1.807, 2.05) is 36.4 Å². The SMILES string of the molecule is O=C1C(=Cc2cc(-c3ccc(Cl)c(Cl)c3)[o+]c(-c3ccccc3Cl)c2)C([O-])=C1C=C1C=C(c2ccc(Cl)c(Cl)c2)OC(c2ccccc2Cl)=C1. The Hall–Kier alpha value is -4.26. The Bertz CT molecular complexity index is 2400. The molecule has 0 atom stereocenters. The summed E-state index contributed by atoms with van der Waals surface area (Å²) in [7, 11) is 0. The van der Waals surface area contributed by atoms with Gasteiger partial charge in [0.1, 0.15) is 11.5 Å². The van der Waals surface area contributed by atoms with Crippen LogP contribution in [0.1, 0.15) is 16.7 Å². The van der Waals surface area contributed by atoms with Crippen molar-refractivity contribution in [1.29, 1.82) is 0 Å². The van der Waals surface area contributed by atoms with Crippen LogP contribution < -0.4 is 5.11 Å². The molecule has 0 unspecified atom stereocenters. The smallest absolute Gasteiger partial charge is 0.362 e. The lowest BCUT2D eigenvalue weighted by Crippen LogP contribution is -2.29. The van der Waals surface area contributed by atoms with E-state index in [1.165, 1.54) is 12.2 Å². The first-order chi connectivity index (χ1) is 24.0. The first kappa shape index (κ1) is 34.2. The highest BCUT2D eigenvalue weighted by Crippen LogP contribution is 2.40. The van der Waals surface area contributed by atoms with Crippen molar-refractivity contribution in [2.75, 3.05) is 0 Å². The van der Waals surface area contributed by atoms with Gasteiger partial charge in [0.25, 0.3) is 0 Å². The van der Waals surface area contributed by atoms with Crippen molar-refractivity contribution >= 4 is 93.0 Å². The molecule has 4 nitrogen and oxygen atoms in total. The van der Waals surface area contributed by atoms with Gasteiger partial charge >= 0.3 is 11.5 Å². The number of benzene rings is 4. The lowest BCUT2D eigenvalue weighted by atomic mass is 9.85. The Morgan fingerprint density at radius 1 is 0.580 bits per heavy atom. The van der Waals surface area contributed by atoms with Crippen molar-refractivity contribution in [3.8, 4) is 22.6 Å². The summed E-state index contributed by atoms with van der Waals surface area (Å²) in [5, 5.41) is 16.0. The molecule has 5 aromatic rings. The molecule has 2 aliphatic rings. The fraction of sp³-hybridized carbons (Fsp3) is 0. The van der Waals surface area contributed by atoms with Crippen molar-refractivity contribution in [1.82, 2.24) is 0 Å². The Morgan fingerprint density at radius 3 is 1.80 bits per heavy atom. The molecule has 1 aromatic heterocycles. The van der Waals surface area contributed by atoms with Crippen molar-refractivity contribution < 1.29 is 19.1 Å². The van der Waals surface area contributed by atoms with Crippen molar-refractivity contribution in [3.05, 3.63) is 185 Å². The van der Waals surface area contributed by atoms with Gasteiger partial charge in [-0.15, -0.1) is 0 Å². The number of rotatable bonds is 6. The Morgan fingerprint density at radius 2 is 1.16 bits per heavy atom. The number of hydrogen-bond donors (Lipinski definition) is 0. The van der Waals surface area contributed by atoms with Crippen molar-refractivity contribution in [2.45, 2.75) is 0 Å². The van der Waals surface area contributed by atoms with E-state index in [0.29, 0.717) is 86.6 Å². The molecule has 0 saturated heterocycles. The maximum absolute atomic E-state index is 13.6. The van der Waals surface area contributed by atoms with E-state index >= 15 is 0 Å².